The molecule has 6 heteroatoms. The second-order valence-corrected chi connectivity index (χ2v) is 9.57. The molecule has 25 heavy (non-hydrogen) atoms. The molecule has 1 unspecified atom stereocenters. The summed E-state index contributed by atoms with van der Waals surface area (Å²) in [6.07, 6.45) is 0.804. The highest BCUT2D eigenvalue weighted by Crippen LogP contribution is 2.36. The molecular formula is C19H22FNO2S2. The van der Waals surface area contributed by atoms with Crippen LogP contribution in [0.25, 0.3) is 0 Å². The predicted molar refractivity (Wildman–Crippen MR) is 102 cm³/mol. The first-order valence-corrected chi connectivity index (χ1v) is 11.0. The quantitative estimate of drug-likeness (QED) is 0.801. The molecule has 2 aromatic rings. The number of hydrogen-bond donors (Lipinski definition) is 0. The number of halogens is 1. The molecule has 1 atom stereocenters. The number of thioether (sulfide) groups is 1. The molecule has 1 saturated heterocycles. The van der Waals surface area contributed by atoms with E-state index < -0.39 is 10.0 Å². The first-order chi connectivity index (χ1) is 12.0. The number of benzene rings is 2. The van der Waals surface area contributed by atoms with Crippen LogP contribution in [0.1, 0.15) is 28.4 Å². The third kappa shape index (κ3) is 4.63. The largest absolute Gasteiger partial charge is 0.218 e. The van der Waals surface area contributed by atoms with Gasteiger partial charge in [0.25, 0.3) is 0 Å². The van der Waals surface area contributed by atoms with E-state index in [4.69, 9.17) is 0 Å². The molecule has 1 fully saturated rings. The van der Waals surface area contributed by atoms with Crippen LogP contribution in [0, 0.1) is 12.7 Å². The molecule has 0 saturated carbocycles. The first-order valence-electron chi connectivity index (χ1n) is 8.35. The minimum Gasteiger partial charge on any atom is -0.212 e. The Kier molecular flexibility index (Phi) is 5.81. The second kappa shape index (κ2) is 7.89. The molecule has 0 N–H and O–H groups in total. The maximum atomic E-state index is 13.0. The van der Waals surface area contributed by atoms with Crippen molar-refractivity contribution in [1.29, 1.82) is 0 Å². The average molecular weight is 380 g/mol. The van der Waals surface area contributed by atoms with E-state index in [0.29, 0.717) is 23.9 Å². The van der Waals surface area contributed by atoms with Crippen molar-refractivity contribution in [2.45, 2.75) is 24.3 Å². The Morgan fingerprint density at radius 2 is 1.84 bits per heavy atom. The summed E-state index contributed by atoms with van der Waals surface area (Å²) in [4.78, 5) is 0. The van der Waals surface area contributed by atoms with Crippen LogP contribution >= 0.6 is 11.8 Å². The van der Waals surface area contributed by atoms with Crippen LogP contribution in [-0.2, 0) is 15.8 Å². The van der Waals surface area contributed by atoms with Crippen LogP contribution in [0.5, 0.6) is 0 Å². The molecule has 3 rings (SSSR count). The summed E-state index contributed by atoms with van der Waals surface area (Å²) in [6, 6.07) is 14.0. The summed E-state index contributed by atoms with van der Waals surface area (Å²) in [6.45, 7) is 3.15. The summed E-state index contributed by atoms with van der Waals surface area (Å²) in [5, 5.41) is 0.326. The van der Waals surface area contributed by atoms with Crippen LogP contribution < -0.4 is 0 Å². The Hall–Kier alpha value is -1.37. The molecule has 2 aromatic carbocycles. The van der Waals surface area contributed by atoms with E-state index >= 15 is 0 Å². The Bertz CT molecular complexity index is 822. The molecule has 0 aliphatic carbocycles. The molecule has 1 heterocycles. The van der Waals surface area contributed by atoms with Gasteiger partial charge in [-0.1, -0.05) is 36.4 Å². The zero-order valence-electron chi connectivity index (χ0n) is 14.2. The van der Waals surface area contributed by atoms with Gasteiger partial charge >= 0.3 is 0 Å². The topological polar surface area (TPSA) is 37.4 Å². The van der Waals surface area contributed by atoms with Gasteiger partial charge < -0.3 is 0 Å². The van der Waals surface area contributed by atoms with Crippen molar-refractivity contribution < 1.29 is 12.8 Å². The molecule has 0 spiro atoms. The lowest BCUT2D eigenvalue weighted by atomic mass is 10.0. The average Bonchev–Trinajstić information content (AvgIpc) is 2.84. The van der Waals surface area contributed by atoms with Crippen molar-refractivity contribution in [2.75, 3.05) is 18.8 Å². The van der Waals surface area contributed by atoms with Gasteiger partial charge in [-0.3, -0.25) is 0 Å². The van der Waals surface area contributed by atoms with E-state index in [1.165, 1.54) is 35.4 Å². The van der Waals surface area contributed by atoms with Gasteiger partial charge in [0.15, 0.2) is 0 Å². The number of nitrogens with zero attached hydrogens (tertiary/aromatic N) is 1. The lowest BCUT2D eigenvalue weighted by Gasteiger charge is -2.20. The number of rotatable bonds is 4. The van der Waals surface area contributed by atoms with Crippen LogP contribution in [0.4, 0.5) is 4.39 Å². The smallest absolute Gasteiger partial charge is 0.212 e. The number of sulfonamides is 1. The number of hydrogen-bond acceptors (Lipinski definition) is 3. The minimum atomic E-state index is -3.39. The third-order valence-electron chi connectivity index (χ3n) is 4.49. The van der Waals surface area contributed by atoms with Crippen LogP contribution in [0.3, 0.4) is 0 Å². The van der Waals surface area contributed by atoms with Crippen molar-refractivity contribution in [1.82, 2.24) is 4.31 Å². The third-order valence-corrected chi connectivity index (χ3v) is 7.65. The lowest BCUT2D eigenvalue weighted by Crippen LogP contribution is -2.34. The van der Waals surface area contributed by atoms with E-state index in [-0.39, 0.29) is 11.6 Å². The second-order valence-electron chi connectivity index (χ2n) is 6.29. The molecule has 1 aliphatic heterocycles. The Morgan fingerprint density at radius 3 is 2.56 bits per heavy atom. The van der Waals surface area contributed by atoms with Gasteiger partial charge in [-0.2, -0.15) is 11.8 Å². The van der Waals surface area contributed by atoms with Gasteiger partial charge in [0.1, 0.15) is 5.82 Å². The predicted octanol–water partition coefficient (Wildman–Crippen LogP) is 4.14. The summed E-state index contributed by atoms with van der Waals surface area (Å²) in [7, 11) is -3.39. The molecule has 134 valence electrons. The Labute approximate surface area is 153 Å². The monoisotopic (exact) mass is 379 g/mol. The van der Waals surface area contributed by atoms with Gasteiger partial charge in [0.05, 0.1) is 5.75 Å². The summed E-state index contributed by atoms with van der Waals surface area (Å²) in [5.74, 6) is 0.350. The summed E-state index contributed by atoms with van der Waals surface area (Å²) in [5.41, 5.74) is 3.17. The van der Waals surface area contributed by atoms with Gasteiger partial charge in [-0.15, -0.1) is 0 Å². The van der Waals surface area contributed by atoms with Crippen molar-refractivity contribution >= 4 is 21.8 Å². The number of aryl methyl sites for hydroxylation is 1. The van der Waals surface area contributed by atoms with Crippen LogP contribution in [0.2, 0.25) is 0 Å². The zero-order valence-corrected chi connectivity index (χ0v) is 15.8. The van der Waals surface area contributed by atoms with E-state index in [1.54, 1.807) is 4.31 Å². The molecule has 3 nitrogen and oxygen atoms in total. The highest BCUT2D eigenvalue weighted by Gasteiger charge is 2.27. The van der Waals surface area contributed by atoms with Crippen molar-refractivity contribution in [3.8, 4) is 0 Å². The van der Waals surface area contributed by atoms with Crippen LogP contribution in [-0.4, -0.2) is 31.6 Å². The fraction of sp³-hybridized carbons (Fsp3) is 0.368. The highest BCUT2D eigenvalue weighted by molar-refractivity contribution is 7.99. The first kappa shape index (κ1) is 18.4. The standard InChI is InChI=1S/C19H22FNO2S2/c1-15-4-2-3-5-18(15)19-10-11-21(12-13-24-19)25(22,23)14-16-6-8-17(20)9-7-16/h2-9,19H,10-14H2,1H3. The van der Waals surface area contributed by atoms with Gasteiger partial charge in [-0.25, -0.2) is 17.1 Å². The van der Waals surface area contributed by atoms with Gasteiger partial charge in [-0.05, 0) is 42.2 Å². The maximum Gasteiger partial charge on any atom is 0.218 e. The zero-order chi connectivity index (χ0) is 17.9. The molecule has 0 amide bonds. The molecule has 1 aliphatic rings. The molecule has 0 bridgehead atoms. The molecule has 0 radical (unpaired) electrons. The fourth-order valence-corrected chi connectivity index (χ4v) is 6.10. The maximum absolute atomic E-state index is 13.0. The van der Waals surface area contributed by atoms with Crippen molar-refractivity contribution in [3.05, 3.63) is 71.0 Å². The Morgan fingerprint density at radius 1 is 1.12 bits per heavy atom. The lowest BCUT2D eigenvalue weighted by molar-refractivity contribution is 0.427. The molecular weight excluding hydrogens is 357 g/mol. The van der Waals surface area contributed by atoms with Gasteiger partial charge in [0, 0.05) is 24.1 Å². The van der Waals surface area contributed by atoms with E-state index in [9.17, 15) is 12.8 Å². The SMILES string of the molecule is Cc1ccccc1C1CCN(S(=O)(=O)Cc2ccc(F)cc2)CCS1. The van der Waals surface area contributed by atoms with Crippen molar-refractivity contribution in [3.63, 3.8) is 0 Å². The van der Waals surface area contributed by atoms with Crippen LogP contribution in [0.15, 0.2) is 48.5 Å². The Balaban J connectivity index is 1.69. The minimum absolute atomic E-state index is 0.0764. The summed E-state index contributed by atoms with van der Waals surface area (Å²) >= 11 is 1.82. The fourth-order valence-electron chi connectivity index (χ4n) is 3.11. The van der Waals surface area contributed by atoms with E-state index in [2.05, 4.69) is 19.1 Å². The molecule has 0 aromatic heterocycles. The van der Waals surface area contributed by atoms with Gasteiger partial charge in [0.2, 0.25) is 10.0 Å². The highest BCUT2D eigenvalue weighted by atomic mass is 32.2. The van der Waals surface area contributed by atoms with E-state index in [0.717, 1.165) is 12.2 Å². The van der Waals surface area contributed by atoms with E-state index in [1.807, 2.05) is 23.9 Å². The van der Waals surface area contributed by atoms with Crippen molar-refractivity contribution in [2.24, 2.45) is 0 Å². The normalized spacial score (nSPS) is 19.5. The summed E-state index contributed by atoms with van der Waals surface area (Å²) < 4.78 is 40.0.